The fourth-order valence-electron chi connectivity index (χ4n) is 4.38. The molecule has 0 bridgehead atoms. The van der Waals surface area contributed by atoms with Gasteiger partial charge in [0.25, 0.3) is 0 Å². The Morgan fingerprint density at radius 3 is 2.72 bits per heavy atom. The Bertz CT molecular complexity index is 864. The Hall–Kier alpha value is -2.29. The second kappa shape index (κ2) is 7.85. The van der Waals surface area contributed by atoms with Gasteiger partial charge in [-0.1, -0.05) is 12.1 Å². The number of nitrogen functional groups attached to an aromatic ring is 1. The minimum Gasteiger partial charge on any atom is -0.390 e. The van der Waals surface area contributed by atoms with Gasteiger partial charge in [0.1, 0.15) is 5.82 Å². The van der Waals surface area contributed by atoms with Crippen molar-refractivity contribution < 1.29 is 9.84 Å². The van der Waals surface area contributed by atoms with Crippen LogP contribution in [0.4, 0.5) is 17.6 Å². The summed E-state index contributed by atoms with van der Waals surface area (Å²) >= 11 is 0. The number of anilines is 3. The zero-order valence-electron chi connectivity index (χ0n) is 17.2. The maximum absolute atomic E-state index is 10.5. The molecule has 1 spiro atoms. The molecule has 1 aromatic carbocycles. The van der Waals surface area contributed by atoms with Crippen molar-refractivity contribution in [2.75, 3.05) is 30.7 Å². The van der Waals surface area contributed by atoms with Gasteiger partial charge in [-0.3, -0.25) is 4.90 Å². The van der Waals surface area contributed by atoms with Gasteiger partial charge in [0.15, 0.2) is 0 Å². The zero-order valence-corrected chi connectivity index (χ0v) is 17.2. The van der Waals surface area contributed by atoms with Gasteiger partial charge in [0.05, 0.1) is 24.4 Å². The summed E-state index contributed by atoms with van der Waals surface area (Å²) in [5.41, 5.74) is 7.17. The molecule has 2 fully saturated rings. The molecule has 29 heavy (non-hydrogen) atoms. The van der Waals surface area contributed by atoms with E-state index in [0.717, 1.165) is 37.2 Å². The van der Waals surface area contributed by atoms with E-state index in [1.165, 1.54) is 0 Å². The number of aryl methyl sites for hydroxylation is 1. The highest BCUT2D eigenvalue weighted by Gasteiger charge is 2.44. The van der Waals surface area contributed by atoms with E-state index < -0.39 is 5.60 Å². The Balaban J connectivity index is 1.39. The topological polar surface area (TPSA) is 109 Å². The molecule has 156 valence electrons. The summed E-state index contributed by atoms with van der Waals surface area (Å²) < 4.78 is 6.10. The van der Waals surface area contributed by atoms with Gasteiger partial charge in [-0.2, -0.15) is 15.0 Å². The van der Waals surface area contributed by atoms with Crippen molar-refractivity contribution >= 4 is 17.6 Å². The normalized spacial score (nSPS) is 24.5. The van der Waals surface area contributed by atoms with E-state index in [2.05, 4.69) is 25.2 Å². The molecule has 0 amide bonds. The Morgan fingerprint density at radius 2 is 2.00 bits per heavy atom. The number of hydrogen-bond donors (Lipinski definition) is 3. The molecule has 2 aliphatic rings. The number of rotatable bonds is 4. The number of nitrogens with two attached hydrogens (primary N) is 1. The number of likely N-dealkylation sites (tertiary alicyclic amines) is 1. The summed E-state index contributed by atoms with van der Waals surface area (Å²) in [6.07, 6.45) is 3.21. The van der Waals surface area contributed by atoms with Crippen LogP contribution in [0.25, 0.3) is 0 Å². The lowest BCUT2D eigenvalue weighted by Gasteiger charge is -2.48. The number of nitrogens with zero attached hydrogens (tertiary/aromatic N) is 4. The first kappa shape index (κ1) is 20.0. The summed E-state index contributed by atoms with van der Waals surface area (Å²) in [4.78, 5) is 15.4. The van der Waals surface area contributed by atoms with Crippen LogP contribution in [0.3, 0.4) is 0 Å². The van der Waals surface area contributed by atoms with Gasteiger partial charge in [-0.05, 0) is 50.8 Å². The average molecular weight is 399 g/mol. The van der Waals surface area contributed by atoms with Crippen LogP contribution >= 0.6 is 0 Å². The first-order valence-corrected chi connectivity index (χ1v) is 10.2. The highest BCUT2D eigenvalue weighted by Crippen LogP contribution is 2.39. The van der Waals surface area contributed by atoms with Crippen molar-refractivity contribution in [1.82, 2.24) is 19.9 Å². The standard InChI is InChI=1S/C21H30N6O2/c1-15-4-3-5-16(12-15)23-19-25-17(24-18(22)26-19)13-27-9-6-21(7-10-27)14-20(2,28)8-11-29-21/h3-5,12,28H,6-11,13-14H2,1-2H3,(H3,22,23,24,25,26). The minimum atomic E-state index is -0.626. The van der Waals surface area contributed by atoms with E-state index >= 15 is 0 Å². The molecule has 0 radical (unpaired) electrons. The quantitative estimate of drug-likeness (QED) is 0.720. The van der Waals surface area contributed by atoms with Crippen molar-refractivity contribution in [3.8, 4) is 0 Å². The van der Waals surface area contributed by atoms with Crippen LogP contribution < -0.4 is 11.1 Å². The van der Waals surface area contributed by atoms with E-state index in [9.17, 15) is 5.11 Å². The van der Waals surface area contributed by atoms with Crippen LogP contribution in [0.5, 0.6) is 0 Å². The monoisotopic (exact) mass is 398 g/mol. The van der Waals surface area contributed by atoms with Crippen LogP contribution in [0.2, 0.25) is 0 Å². The smallest absolute Gasteiger partial charge is 0.232 e. The summed E-state index contributed by atoms with van der Waals surface area (Å²) in [5, 5.41) is 13.7. The van der Waals surface area contributed by atoms with Crippen LogP contribution in [0.15, 0.2) is 24.3 Å². The number of benzene rings is 1. The molecular weight excluding hydrogens is 368 g/mol. The minimum absolute atomic E-state index is 0.200. The molecule has 2 saturated heterocycles. The largest absolute Gasteiger partial charge is 0.390 e. The van der Waals surface area contributed by atoms with Gasteiger partial charge >= 0.3 is 0 Å². The molecule has 4 N–H and O–H groups in total. The zero-order chi connectivity index (χ0) is 20.5. The Morgan fingerprint density at radius 1 is 1.21 bits per heavy atom. The predicted octanol–water partition coefficient (Wildman–Crippen LogP) is 2.40. The van der Waals surface area contributed by atoms with Gasteiger partial charge in [0.2, 0.25) is 11.9 Å². The van der Waals surface area contributed by atoms with E-state index in [-0.39, 0.29) is 11.5 Å². The van der Waals surface area contributed by atoms with Gasteiger partial charge in [-0.15, -0.1) is 0 Å². The molecule has 4 rings (SSSR count). The lowest BCUT2D eigenvalue weighted by atomic mass is 9.78. The van der Waals surface area contributed by atoms with Crippen LogP contribution in [-0.2, 0) is 11.3 Å². The molecule has 1 unspecified atom stereocenters. The second-order valence-electron chi connectivity index (χ2n) is 8.66. The lowest BCUT2D eigenvalue weighted by molar-refractivity contribution is -0.173. The number of aromatic nitrogens is 3. The van der Waals surface area contributed by atoms with E-state index in [0.29, 0.717) is 37.8 Å². The maximum atomic E-state index is 10.5. The molecule has 2 aliphatic heterocycles. The predicted molar refractivity (Wildman–Crippen MR) is 112 cm³/mol. The first-order valence-electron chi connectivity index (χ1n) is 10.2. The third kappa shape index (κ3) is 5.01. The number of hydrogen-bond acceptors (Lipinski definition) is 8. The van der Waals surface area contributed by atoms with E-state index in [1.54, 1.807) is 0 Å². The molecular formula is C21H30N6O2. The van der Waals surface area contributed by atoms with E-state index in [4.69, 9.17) is 10.5 Å². The number of nitrogens with one attached hydrogen (secondary N) is 1. The first-order chi connectivity index (χ1) is 13.8. The summed E-state index contributed by atoms with van der Waals surface area (Å²) in [6, 6.07) is 8.02. The third-order valence-corrected chi connectivity index (χ3v) is 5.86. The third-order valence-electron chi connectivity index (χ3n) is 5.86. The van der Waals surface area contributed by atoms with Gasteiger partial charge < -0.3 is 20.9 Å². The molecule has 8 nitrogen and oxygen atoms in total. The maximum Gasteiger partial charge on any atom is 0.232 e. The van der Waals surface area contributed by atoms with E-state index in [1.807, 2.05) is 38.1 Å². The van der Waals surface area contributed by atoms with Crippen molar-refractivity contribution in [2.45, 2.75) is 57.3 Å². The Labute approximate surface area is 171 Å². The summed E-state index contributed by atoms with van der Waals surface area (Å²) in [6.45, 7) is 6.95. The lowest BCUT2D eigenvalue weighted by Crippen LogP contribution is -2.53. The van der Waals surface area contributed by atoms with Crippen molar-refractivity contribution in [3.63, 3.8) is 0 Å². The average Bonchev–Trinajstić information content (AvgIpc) is 2.62. The highest BCUT2D eigenvalue weighted by molar-refractivity contribution is 5.54. The van der Waals surface area contributed by atoms with Gasteiger partial charge in [-0.25, -0.2) is 0 Å². The number of ether oxygens (including phenoxy) is 1. The molecule has 0 saturated carbocycles. The Kier molecular flexibility index (Phi) is 5.42. The molecule has 3 heterocycles. The SMILES string of the molecule is Cc1cccc(Nc2nc(N)nc(CN3CCC4(CC3)CC(C)(O)CCO4)n2)c1. The summed E-state index contributed by atoms with van der Waals surface area (Å²) in [7, 11) is 0. The second-order valence-corrected chi connectivity index (χ2v) is 8.66. The molecule has 1 aromatic heterocycles. The number of piperidine rings is 1. The molecule has 1 atom stereocenters. The molecule has 8 heteroatoms. The van der Waals surface area contributed by atoms with Crippen LogP contribution in [0, 0.1) is 6.92 Å². The number of aliphatic hydroxyl groups is 1. The fraction of sp³-hybridized carbons (Fsp3) is 0.571. The molecule has 0 aliphatic carbocycles. The van der Waals surface area contributed by atoms with Gasteiger partial charge in [0, 0.05) is 25.2 Å². The fourth-order valence-corrected chi connectivity index (χ4v) is 4.38. The van der Waals surface area contributed by atoms with Crippen molar-refractivity contribution in [1.29, 1.82) is 0 Å². The van der Waals surface area contributed by atoms with Crippen molar-refractivity contribution in [2.24, 2.45) is 0 Å². The highest BCUT2D eigenvalue weighted by atomic mass is 16.5. The van der Waals surface area contributed by atoms with Crippen molar-refractivity contribution in [3.05, 3.63) is 35.7 Å². The van der Waals surface area contributed by atoms with Crippen LogP contribution in [-0.4, -0.2) is 55.9 Å². The summed E-state index contributed by atoms with van der Waals surface area (Å²) in [5.74, 6) is 1.32. The van der Waals surface area contributed by atoms with Crippen LogP contribution in [0.1, 0.15) is 44.0 Å². The molecule has 2 aromatic rings.